The highest BCUT2D eigenvalue weighted by atomic mass is 16.2. The van der Waals surface area contributed by atoms with Crippen LogP contribution in [0.2, 0.25) is 0 Å². The molecule has 5 heteroatoms. The third-order valence-electron chi connectivity index (χ3n) is 3.66. The van der Waals surface area contributed by atoms with Gasteiger partial charge in [0.25, 0.3) is 11.5 Å². The average molecular weight is 315 g/mol. The van der Waals surface area contributed by atoms with Crippen molar-refractivity contribution in [2.75, 3.05) is 13.1 Å². The molecule has 0 unspecified atom stereocenters. The fraction of sp³-hybridized carbons (Fsp3) is 0.500. The Bertz CT molecular complexity index is 752. The van der Waals surface area contributed by atoms with E-state index in [4.69, 9.17) is 0 Å². The van der Waals surface area contributed by atoms with Gasteiger partial charge in [-0.1, -0.05) is 27.7 Å². The molecule has 0 radical (unpaired) electrons. The first-order chi connectivity index (χ1) is 10.8. The van der Waals surface area contributed by atoms with Crippen LogP contribution in [0.4, 0.5) is 0 Å². The molecule has 124 valence electrons. The Hall–Kier alpha value is -2.17. The van der Waals surface area contributed by atoms with Gasteiger partial charge in [0.15, 0.2) is 0 Å². The summed E-state index contributed by atoms with van der Waals surface area (Å²) >= 11 is 0. The van der Waals surface area contributed by atoms with Gasteiger partial charge in [0.1, 0.15) is 11.2 Å². The lowest BCUT2D eigenvalue weighted by atomic mass is 10.1. The van der Waals surface area contributed by atoms with Crippen LogP contribution in [0.5, 0.6) is 0 Å². The second kappa shape index (κ2) is 6.94. The van der Waals surface area contributed by atoms with Gasteiger partial charge in [-0.15, -0.1) is 0 Å². The average Bonchev–Trinajstić information content (AvgIpc) is 2.48. The van der Waals surface area contributed by atoms with Crippen LogP contribution in [-0.4, -0.2) is 33.4 Å². The summed E-state index contributed by atoms with van der Waals surface area (Å²) < 4.78 is 1.45. The number of nitrogens with zero attached hydrogens (tertiary/aromatic N) is 3. The maximum Gasteiger partial charge on any atom is 0.264 e. The molecule has 0 aliphatic carbocycles. The smallest absolute Gasteiger partial charge is 0.264 e. The van der Waals surface area contributed by atoms with Gasteiger partial charge >= 0.3 is 0 Å². The number of rotatable bonds is 5. The summed E-state index contributed by atoms with van der Waals surface area (Å²) in [5, 5.41) is 0.798. The van der Waals surface area contributed by atoms with E-state index < -0.39 is 0 Å². The lowest BCUT2D eigenvalue weighted by molar-refractivity contribution is 0.0713. The zero-order chi connectivity index (χ0) is 17.1. The molecule has 0 saturated heterocycles. The van der Waals surface area contributed by atoms with Gasteiger partial charge in [-0.2, -0.15) is 0 Å². The predicted molar refractivity (Wildman–Crippen MR) is 92.6 cm³/mol. The lowest BCUT2D eigenvalue weighted by Crippen LogP contribution is -2.40. The Kier molecular flexibility index (Phi) is 5.19. The van der Waals surface area contributed by atoms with E-state index in [1.807, 2.05) is 6.07 Å². The standard InChI is InChI=1S/C18H25N3O2/c1-12(2)10-21(11-13(3)4)18(23)15-9-14-7-6-8-19-16(14)20(5)17(15)22/h6-9,12-13H,10-11H2,1-5H3. The molecule has 1 amide bonds. The molecular weight excluding hydrogens is 290 g/mol. The van der Waals surface area contributed by atoms with E-state index in [1.165, 1.54) is 4.57 Å². The minimum Gasteiger partial charge on any atom is -0.338 e. The molecule has 0 fully saturated rings. The van der Waals surface area contributed by atoms with E-state index in [0.717, 1.165) is 5.39 Å². The number of fused-ring (bicyclic) bond motifs is 1. The van der Waals surface area contributed by atoms with Crippen LogP contribution in [0.25, 0.3) is 11.0 Å². The molecule has 2 heterocycles. The molecule has 23 heavy (non-hydrogen) atoms. The maximum atomic E-state index is 12.9. The monoisotopic (exact) mass is 315 g/mol. The third kappa shape index (κ3) is 3.78. The van der Waals surface area contributed by atoms with E-state index in [0.29, 0.717) is 30.6 Å². The highest BCUT2D eigenvalue weighted by molar-refractivity contribution is 5.96. The van der Waals surface area contributed by atoms with Crippen molar-refractivity contribution in [3.05, 3.63) is 40.3 Å². The fourth-order valence-corrected chi connectivity index (χ4v) is 2.74. The third-order valence-corrected chi connectivity index (χ3v) is 3.66. The molecule has 0 N–H and O–H groups in total. The summed E-state index contributed by atoms with van der Waals surface area (Å²) in [5.74, 6) is 0.506. The number of hydrogen-bond donors (Lipinski definition) is 0. The van der Waals surface area contributed by atoms with Crippen molar-refractivity contribution in [1.29, 1.82) is 0 Å². The SMILES string of the molecule is CC(C)CN(CC(C)C)C(=O)c1cc2cccnc2n(C)c1=O. The molecule has 0 aromatic carbocycles. The Balaban J connectivity index is 2.50. The van der Waals surface area contributed by atoms with Crippen LogP contribution in [0, 0.1) is 11.8 Å². The highest BCUT2D eigenvalue weighted by Gasteiger charge is 2.22. The first-order valence-electron chi connectivity index (χ1n) is 8.05. The van der Waals surface area contributed by atoms with Crippen molar-refractivity contribution in [2.45, 2.75) is 27.7 Å². The van der Waals surface area contributed by atoms with Crippen LogP contribution < -0.4 is 5.56 Å². The van der Waals surface area contributed by atoms with Crippen LogP contribution in [0.15, 0.2) is 29.2 Å². The number of carbonyl (C=O) groups excluding carboxylic acids is 1. The van der Waals surface area contributed by atoms with E-state index in [2.05, 4.69) is 32.7 Å². The van der Waals surface area contributed by atoms with Gasteiger partial charge in [-0.25, -0.2) is 4.98 Å². The molecule has 2 aromatic rings. The second-order valence-electron chi connectivity index (χ2n) is 6.84. The summed E-state index contributed by atoms with van der Waals surface area (Å²) in [6, 6.07) is 5.34. The molecule has 0 atom stereocenters. The van der Waals surface area contributed by atoms with E-state index in [9.17, 15) is 9.59 Å². The van der Waals surface area contributed by atoms with E-state index >= 15 is 0 Å². The Labute approximate surface area is 136 Å². The minimum absolute atomic E-state index is 0.196. The molecule has 0 aliphatic heterocycles. The van der Waals surface area contributed by atoms with Crippen molar-refractivity contribution in [1.82, 2.24) is 14.5 Å². The van der Waals surface area contributed by atoms with Gasteiger partial charge in [0.2, 0.25) is 0 Å². The van der Waals surface area contributed by atoms with Gasteiger partial charge in [0, 0.05) is 31.7 Å². The maximum absolute atomic E-state index is 12.9. The molecule has 2 aromatic heterocycles. The number of pyridine rings is 2. The normalized spacial score (nSPS) is 11.4. The van der Waals surface area contributed by atoms with Gasteiger partial charge < -0.3 is 4.90 Å². The second-order valence-corrected chi connectivity index (χ2v) is 6.84. The fourth-order valence-electron chi connectivity index (χ4n) is 2.74. The lowest BCUT2D eigenvalue weighted by Gasteiger charge is -2.26. The number of aryl methyl sites for hydroxylation is 1. The van der Waals surface area contributed by atoms with Crippen LogP contribution in [0.1, 0.15) is 38.1 Å². The van der Waals surface area contributed by atoms with Crippen molar-refractivity contribution >= 4 is 16.9 Å². The Morgan fingerprint density at radius 3 is 2.39 bits per heavy atom. The van der Waals surface area contributed by atoms with Gasteiger partial charge in [-0.05, 0) is 30.0 Å². The van der Waals surface area contributed by atoms with Crippen molar-refractivity contribution in [3.63, 3.8) is 0 Å². The summed E-state index contributed by atoms with van der Waals surface area (Å²) in [6.07, 6.45) is 1.65. The number of hydrogen-bond acceptors (Lipinski definition) is 3. The first-order valence-corrected chi connectivity index (χ1v) is 8.05. The topological polar surface area (TPSA) is 55.2 Å². The summed E-state index contributed by atoms with van der Waals surface area (Å²) in [7, 11) is 1.66. The Morgan fingerprint density at radius 2 is 1.83 bits per heavy atom. The van der Waals surface area contributed by atoms with Gasteiger partial charge in [0.05, 0.1) is 0 Å². The molecular formula is C18H25N3O2. The molecule has 0 bridgehead atoms. The summed E-state index contributed by atoms with van der Waals surface area (Å²) in [5.41, 5.74) is 0.515. The van der Waals surface area contributed by atoms with Crippen LogP contribution in [0.3, 0.4) is 0 Å². The number of carbonyl (C=O) groups is 1. The quantitative estimate of drug-likeness (QED) is 0.852. The molecule has 5 nitrogen and oxygen atoms in total. The van der Waals surface area contributed by atoms with E-state index in [-0.39, 0.29) is 17.0 Å². The van der Waals surface area contributed by atoms with Gasteiger partial charge in [-0.3, -0.25) is 14.2 Å². The molecule has 0 aliphatic rings. The number of amides is 1. The first kappa shape index (κ1) is 17.2. The molecule has 0 saturated carbocycles. The summed E-state index contributed by atoms with van der Waals surface area (Å²) in [6.45, 7) is 9.58. The zero-order valence-corrected chi connectivity index (χ0v) is 14.5. The van der Waals surface area contributed by atoms with Crippen LogP contribution in [-0.2, 0) is 7.05 Å². The largest absolute Gasteiger partial charge is 0.338 e. The highest BCUT2D eigenvalue weighted by Crippen LogP contribution is 2.13. The minimum atomic E-state index is -0.293. The zero-order valence-electron chi connectivity index (χ0n) is 14.5. The van der Waals surface area contributed by atoms with Crippen molar-refractivity contribution in [3.8, 4) is 0 Å². The predicted octanol–water partition coefficient (Wildman–Crippen LogP) is 2.69. The van der Waals surface area contributed by atoms with Crippen molar-refractivity contribution in [2.24, 2.45) is 18.9 Å². The molecule has 2 rings (SSSR count). The van der Waals surface area contributed by atoms with E-state index in [1.54, 1.807) is 30.3 Å². The molecule has 0 spiro atoms. The summed E-state index contributed by atoms with van der Waals surface area (Å²) in [4.78, 5) is 31.5. The number of aromatic nitrogens is 2. The van der Waals surface area contributed by atoms with Crippen molar-refractivity contribution < 1.29 is 4.79 Å². The Morgan fingerprint density at radius 1 is 1.22 bits per heavy atom. The van der Waals surface area contributed by atoms with Crippen LogP contribution >= 0.6 is 0 Å².